The Bertz CT molecular complexity index is 253. The Morgan fingerprint density at radius 2 is 1.83 bits per heavy atom. The van der Waals surface area contributed by atoms with Gasteiger partial charge in [0.05, 0.1) is 5.57 Å². The quantitative estimate of drug-likeness (QED) is 0.549. The number of alkyl halides is 2. The molecule has 1 rings (SSSR count). The average Bonchev–Trinajstić information content (AvgIpc) is 2.02. The van der Waals surface area contributed by atoms with Crippen LogP contribution in [0.4, 0.5) is 22.0 Å². The highest BCUT2D eigenvalue weighted by atomic mass is 19.2. The van der Waals surface area contributed by atoms with Crippen molar-refractivity contribution >= 4 is 0 Å². The Balaban J connectivity index is 3.09. The van der Waals surface area contributed by atoms with E-state index in [2.05, 4.69) is 0 Å². The van der Waals surface area contributed by atoms with Crippen LogP contribution in [-0.4, -0.2) is 12.8 Å². The molecule has 0 aromatic carbocycles. The van der Waals surface area contributed by atoms with Gasteiger partial charge in [0.25, 0.3) is 0 Å². The first-order chi connectivity index (χ1) is 5.57. The molecule has 0 spiro atoms. The SMILES string of the molecule is FCC1=C(F)C(F)CC(F)=C1F. The molecule has 0 fully saturated rings. The van der Waals surface area contributed by atoms with Gasteiger partial charge in [0.2, 0.25) is 0 Å². The second-order valence-corrected chi connectivity index (χ2v) is 2.35. The van der Waals surface area contributed by atoms with Crippen LogP contribution in [-0.2, 0) is 0 Å². The zero-order valence-electron chi connectivity index (χ0n) is 5.88. The van der Waals surface area contributed by atoms with Gasteiger partial charge in [0, 0.05) is 6.42 Å². The Morgan fingerprint density at radius 3 is 2.33 bits per heavy atom. The third kappa shape index (κ3) is 1.35. The summed E-state index contributed by atoms with van der Waals surface area (Å²) in [6, 6.07) is 0. The molecule has 0 aromatic rings. The minimum Gasteiger partial charge on any atom is -0.246 e. The third-order valence-corrected chi connectivity index (χ3v) is 1.56. The van der Waals surface area contributed by atoms with Crippen molar-refractivity contribution in [2.24, 2.45) is 0 Å². The lowest BCUT2D eigenvalue weighted by Crippen LogP contribution is -2.12. The molecule has 1 aliphatic rings. The Labute approximate surface area is 65.4 Å². The van der Waals surface area contributed by atoms with Gasteiger partial charge in [-0.2, -0.15) is 0 Å². The molecule has 5 heteroatoms. The van der Waals surface area contributed by atoms with E-state index in [1.807, 2.05) is 0 Å². The minimum absolute atomic E-state index is 0.985. The molecule has 0 aromatic heterocycles. The molecule has 1 atom stereocenters. The molecule has 1 unspecified atom stereocenters. The van der Waals surface area contributed by atoms with Gasteiger partial charge < -0.3 is 0 Å². The molecule has 0 N–H and O–H groups in total. The van der Waals surface area contributed by atoms with E-state index in [-0.39, 0.29) is 0 Å². The molecule has 0 radical (unpaired) electrons. The average molecular weight is 184 g/mol. The maximum Gasteiger partial charge on any atom is 0.163 e. The molecular weight excluding hydrogens is 179 g/mol. The zero-order chi connectivity index (χ0) is 9.30. The first-order valence-electron chi connectivity index (χ1n) is 3.21. The van der Waals surface area contributed by atoms with E-state index < -0.39 is 42.3 Å². The summed E-state index contributed by atoms with van der Waals surface area (Å²) in [6.07, 6.45) is -3.24. The largest absolute Gasteiger partial charge is 0.246 e. The van der Waals surface area contributed by atoms with Gasteiger partial charge in [-0.1, -0.05) is 0 Å². The normalized spacial score (nSPS) is 25.2. The fourth-order valence-corrected chi connectivity index (χ4v) is 0.917. The van der Waals surface area contributed by atoms with Gasteiger partial charge >= 0.3 is 0 Å². The van der Waals surface area contributed by atoms with Crippen molar-refractivity contribution < 1.29 is 22.0 Å². The summed E-state index contributed by atoms with van der Waals surface area (Å²) in [5.41, 5.74) is -1.15. The van der Waals surface area contributed by atoms with Gasteiger partial charge in [-0.25, -0.2) is 22.0 Å². The molecule has 0 amide bonds. The first kappa shape index (κ1) is 9.22. The predicted molar refractivity (Wildman–Crippen MR) is 32.9 cm³/mol. The second kappa shape index (κ2) is 3.25. The van der Waals surface area contributed by atoms with E-state index in [1.165, 1.54) is 0 Å². The highest BCUT2D eigenvalue weighted by molar-refractivity contribution is 5.36. The fraction of sp³-hybridized carbons (Fsp3) is 0.429. The topological polar surface area (TPSA) is 0 Å². The summed E-state index contributed by atoms with van der Waals surface area (Å²) in [6.45, 7) is -1.54. The summed E-state index contributed by atoms with van der Waals surface area (Å²) < 4.78 is 61.5. The predicted octanol–water partition coefficient (Wildman–Crippen LogP) is 3.07. The van der Waals surface area contributed by atoms with Gasteiger partial charge in [-0.05, 0) is 0 Å². The van der Waals surface area contributed by atoms with Crippen LogP contribution in [0.2, 0.25) is 0 Å². The van der Waals surface area contributed by atoms with Crippen LogP contribution in [0.25, 0.3) is 0 Å². The summed E-state index contributed by atoms with van der Waals surface area (Å²) >= 11 is 0. The van der Waals surface area contributed by atoms with Crippen molar-refractivity contribution in [1.29, 1.82) is 0 Å². The smallest absolute Gasteiger partial charge is 0.163 e. The molecule has 0 nitrogen and oxygen atoms in total. The Hall–Kier alpha value is -0.870. The molecule has 0 bridgehead atoms. The fourth-order valence-electron chi connectivity index (χ4n) is 0.917. The second-order valence-electron chi connectivity index (χ2n) is 2.35. The van der Waals surface area contributed by atoms with Crippen LogP contribution in [0.5, 0.6) is 0 Å². The van der Waals surface area contributed by atoms with Crippen LogP contribution in [0.3, 0.4) is 0 Å². The summed E-state index contributed by atoms with van der Waals surface area (Å²) in [5, 5.41) is 0. The summed E-state index contributed by atoms with van der Waals surface area (Å²) in [4.78, 5) is 0. The molecule has 1 aliphatic carbocycles. The van der Waals surface area contributed by atoms with E-state index in [4.69, 9.17) is 0 Å². The number of rotatable bonds is 1. The molecule has 0 aliphatic heterocycles. The number of hydrogen-bond acceptors (Lipinski definition) is 0. The monoisotopic (exact) mass is 184 g/mol. The molecule has 68 valence electrons. The third-order valence-electron chi connectivity index (χ3n) is 1.56. The van der Waals surface area contributed by atoms with Gasteiger partial charge in [0.1, 0.15) is 18.3 Å². The van der Waals surface area contributed by atoms with Gasteiger partial charge in [0.15, 0.2) is 12.0 Å². The highest BCUT2D eigenvalue weighted by Gasteiger charge is 2.30. The summed E-state index contributed by atoms with van der Waals surface area (Å²) in [5.74, 6) is -4.59. The van der Waals surface area contributed by atoms with E-state index >= 15 is 0 Å². The molecule has 0 heterocycles. The molecule has 12 heavy (non-hydrogen) atoms. The van der Waals surface area contributed by atoms with Crippen molar-refractivity contribution in [1.82, 2.24) is 0 Å². The van der Waals surface area contributed by atoms with Gasteiger partial charge in [-0.15, -0.1) is 0 Å². The van der Waals surface area contributed by atoms with Crippen molar-refractivity contribution in [3.8, 4) is 0 Å². The molecular formula is C7H5F5. The van der Waals surface area contributed by atoms with Gasteiger partial charge in [-0.3, -0.25) is 0 Å². The van der Waals surface area contributed by atoms with Crippen molar-refractivity contribution in [3.63, 3.8) is 0 Å². The van der Waals surface area contributed by atoms with Crippen molar-refractivity contribution in [3.05, 3.63) is 23.1 Å². The minimum atomic E-state index is -2.25. The van der Waals surface area contributed by atoms with Crippen LogP contribution in [0.1, 0.15) is 6.42 Å². The van der Waals surface area contributed by atoms with Crippen LogP contribution >= 0.6 is 0 Å². The van der Waals surface area contributed by atoms with Crippen molar-refractivity contribution in [2.75, 3.05) is 6.67 Å². The maximum absolute atomic E-state index is 12.5. The van der Waals surface area contributed by atoms with Crippen LogP contribution in [0.15, 0.2) is 23.1 Å². The first-order valence-corrected chi connectivity index (χ1v) is 3.21. The Morgan fingerprint density at radius 1 is 1.25 bits per heavy atom. The zero-order valence-corrected chi connectivity index (χ0v) is 5.88. The Kier molecular flexibility index (Phi) is 2.49. The number of hydrogen-bond donors (Lipinski definition) is 0. The standard InChI is InChI=1S/C7H5F5/c8-2-3-6(11)4(9)1-5(10)7(3)12/h4H,1-2H2. The lowest BCUT2D eigenvalue weighted by molar-refractivity contribution is 0.283. The molecule has 0 saturated carbocycles. The van der Waals surface area contributed by atoms with E-state index in [9.17, 15) is 22.0 Å². The van der Waals surface area contributed by atoms with Crippen LogP contribution < -0.4 is 0 Å². The number of allylic oxidation sites excluding steroid dienone is 4. The lowest BCUT2D eigenvalue weighted by atomic mass is 10.0. The highest BCUT2D eigenvalue weighted by Crippen LogP contribution is 2.34. The van der Waals surface area contributed by atoms with E-state index in [0.29, 0.717) is 0 Å². The van der Waals surface area contributed by atoms with Crippen molar-refractivity contribution in [2.45, 2.75) is 12.6 Å². The van der Waals surface area contributed by atoms with E-state index in [0.717, 1.165) is 0 Å². The number of halogens is 5. The van der Waals surface area contributed by atoms with E-state index in [1.54, 1.807) is 0 Å². The van der Waals surface area contributed by atoms with Crippen LogP contribution in [0, 0.1) is 0 Å². The lowest BCUT2D eigenvalue weighted by Gasteiger charge is -2.14. The summed E-state index contributed by atoms with van der Waals surface area (Å²) in [7, 11) is 0. The molecule has 0 saturated heterocycles. The maximum atomic E-state index is 12.5.